The molecule has 14 heavy (non-hydrogen) atoms. The molecule has 4 nitrogen and oxygen atoms in total. The Kier molecular flexibility index (Phi) is 4.62. The van der Waals surface area contributed by atoms with Gasteiger partial charge in [-0.25, -0.2) is 0 Å². The van der Waals surface area contributed by atoms with Crippen LogP contribution in [-0.2, 0) is 13.6 Å². The molecule has 1 unspecified atom stereocenters. The van der Waals surface area contributed by atoms with Crippen LogP contribution >= 0.6 is 0 Å². The molecule has 80 valence electrons. The zero-order valence-corrected chi connectivity index (χ0v) is 9.25. The normalized spacial score (nSPS) is 13.1. The van der Waals surface area contributed by atoms with Crippen molar-refractivity contribution in [3.05, 3.63) is 18.0 Å². The Hall–Kier alpha value is -0.870. The maximum Gasteiger partial charge on any atom is 0.0518 e. The molecular weight excluding hydrogens is 176 g/mol. The SMILES string of the molecule is CCNCC(C)NCc1ccnn1C. The quantitative estimate of drug-likeness (QED) is 0.696. The van der Waals surface area contributed by atoms with Gasteiger partial charge in [-0.2, -0.15) is 5.10 Å². The summed E-state index contributed by atoms with van der Waals surface area (Å²) < 4.78 is 1.90. The molecule has 0 aliphatic carbocycles. The van der Waals surface area contributed by atoms with Gasteiger partial charge in [0.25, 0.3) is 0 Å². The van der Waals surface area contributed by atoms with E-state index in [1.54, 1.807) is 0 Å². The smallest absolute Gasteiger partial charge is 0.0518 e. The molecule has 0 aliphatic rings. The van der Waals surface area contributed by atoms with E-state index < -0.39 is 0 Å². The van der Waals surface area contributed by atoms with E-state index in [2.05, 4.69) is 29.6 Å². The summed E-state index contributed by atoms with van der Waals surface area (Å²) in [5.41, 5.74) is 1.22. The lowest BCUT2D eigenvalue weighted by molar-refractivity contribution is 0.496. The highest BCUT2D eigenvalue weighted by atomic mass is 15.3. The lowest BCUT2D eigenvalue weighted by Gasteiger charge is -2.13. The van der Waals surface area contributed by atoms with Crippen LogP contribution in [0.1, 0.15) is 19.5 Å². The Balaban J connectivity index is 2.23. The zero-order valence-electron chi connectivity index (χ0n) is 9.25. The summed E-state index contributed by atoms with van der Waals surface area (Å²) in [5, 5.41) is 10.9. The summed E-state index contributed by atoms with van der Waals surface area (Å²) in [4.78, 5) is 0. The van der Waals surface area contributed by atoms with E-state index in [1.165, 1.54) is 5.69 Å². The average Bonchev–Trinajstić information content (AvgIpc) is 2.58. The molecule has 0 aliphatic heterocycles. The molecular formula is C10H20N4. The Bertz CT molecular complexity index is 256. The standard InChI is InChI=1S/C10H20N4/c1-4-11-7-9(2)12-8-10-5-6-13-14(10)3/h5-6,9,11-12H,4,7-8H2,1-3H3. The van der Waals surface area contributed by atoms with Crippen LogP contribution < -0.4 is 10.6 Å². The van der Waals surface area contributed by atoms with E-state index in [-0.39, 0.29) is 0 Å². The van der Waals surface area contributed by atoms with Crippen LogP contribution in [0.5, 0.6) is 0 Å². The van der Waals surface area contributed by atoms with E-state index in [4.69, 9.17) is 0 Å². The van der Waals surface area contributed by atoms with Gasteiger partial charge in [-0.15, -0.1) is 0 Å². The third kappa shape index (κ3) is 3.47. The Labute approximate surface area is 85.7 Å². The number of aryl methyl sites for hydroxylation is 1. The number of hydrogen-bond acceptors (Lipinski definition) is 3. The first-order valence-electron chi connectivity index (χ1n) is 5.15. The Morgan fingerprint density at radius 2 is 2.36 bits per heavy atom. The predicted molar refractivity (Wildman–Crippen MR) is 58.1 cm³/mol. The fourth-order valence-corrected chi connectivity index (χ4v) is 1.29. The first-order valence-corrected chi connectivity index (χ1v) is 5.15. The maximum atomic E-state index is 4.12. The molecule has 4 heteroatoms. The molecule has 0 aromatic carbocycles. The van der Waals surface area contributed by atoms with Gasteiger partial charge < -0.3 is 10.6 Å². The highest BCUT2D eigenvalue weighted by molar-refractivity contribution is 4.99. The van der Waals surface area contributed by atoms with Crippen molar-refractivity contribution < 1.29 is 0 Å². The molecule has 2 N–H and O–H groups in total. The van der Waals surface area contributed by atoms with Crippen LogP contribution in [0.2, 0.25) is 0 Å². The van der Waals surface area contributed by atoms with Crippen LogP contribution in [0.4, 0.5) is 0 Å². The minimum absolute atomic E-state index is 0.491. The van der Waals surface area contributed by atoms with E-state index in [9.17, 15) is 0 Å². The lowest BCUT2D eigenvalue weighted by atomic mass is 10.3. The topological polar surface area (TPSA) is 41.9 Å². The maximum absolute atomic E-state index is 4.12. The fourth-order valence-electron chi connectivity index (χ4n) is 1.29. The molecule has 1 aromatic rings. The average molecular weight is 196 g/mol. The Morgan fingerprint density at radius 3 is 2.93 bits per heavy atom. The zero-order chi connectivity index (χ0) is 10.4. The van der Waals surface area contributed by atoms with Crippen LogP contribution in [-0.4, -0.2) is 28.9 Å². The molecule has 0 spiro atoms. The van der Waals surface area contributed by atoms with Gasteiger partial charge >= 0.3 is 0 Å². The molecule has 1 aromatic heterocycles. The van der Waals surface area contributed by atoms with Gasteiger partial charge in [-0.1, -0.05) is 6.92 Å². The number of rotatable bonds is 6. The monoisotopic (exact) mass is 196 g/mol. The van der Waals surface area contributed by atoms with Gasteiger partial charge in [0.1, 0.15) is 0 Å². The molecule has 1 heterocycles. The lowest BCUT2D eigenvalue weighted by Crippen LogP contribution is -2.36. The molecule has 1 atom stereocenters. The Morgan fingerprint density at radius 1 is 1.57 bits per heavy atom. The van der Waals surface area contributed by atoms with Crippen molar-refractivity contribution in [1.82, 2.24) is 20.4 Å². The summed E-state index contributed by atoms with van der Waals surface area (Å²) in [7, 11) is 1.96. The number of likely N-dealkylation sites (N-methyl/N-ethyl adjacent to an activating group) is 1. The van der Waals surface area contributed by atoms with Gasteiger partial charge in [-0.3, -0.25) is 4.68 Å². The first-order chi connectivity index (χ1) is 6.74. The summed E-state index contributed by atoms with van der Waals surface area (Å²) in [6, 6.07) is 2.53. The van der Waals surface area contributed by atoms with Gasteiger partial charge in [0.2, 0.25) is 0 Å². The highest BCUT2D eigenvalue weighted by Crippen LogP contribution is 1.95. The van der Waals surface area contributed by atoms with E-state index in [1.807, 2.05) is 24.0 Å². The first kappa shape index (κ1) is 11.2. The van der Waals surface area contributed by atoms with Crippen LogP contribution in [0.15, 0.2) is 12.3 Å². The number of aromatic nitrogens is 2. The molecule has 0 saturated carbocycles. The molecule has 0 saturated heterocycles. The molecule has 1 rings (SSSR count). The summed E-state index contributed by atoms with van der Waals surface area (Å²) in [6.45, 7) is 7.21. The summed E-state index contributed by atoms with van der Waals surface area (Å²) in [5.74, 6) is 0. The second-order valence-corrected chi connectivity index (χ2v) is 3.54. The van der Waals surface area contributed by atoms with Gasteiger partial charge in [0.05, 0.1) is 5.69 Å². The predicted octanol–water partition coefficient (Wildman–Crippen LogP) is 0.508. The van der Waals surface area contributed by atoms with E-state index in [0.717, 1.165) is 19.6 Å². The second-order valence-electron chi connectivity index (χ2n) is 3.54. The number of hydrogen-bond donors (Lipinski definition) is 2. The molecule has 0 fully saturated rings. The summed E-state index contributed by atoms with van der Waals surface area (Å²) >= 11 is 0. The molecule has 0 radical (unpaired) electrons. The van der Waals surface area contributed by atoms with Crippen molar-refractivity contribution in [2.24, 2.45) is 7.05 Å². The fraction of sp³-hybridized carbons (Fsp3) is 0.700. The minimum Gasteiger partial charge on any atom is -0.315 e. The van der Waals surface area contributed by atoms with Crippen LogP contribution in [0.25, 0.3) is 0 Å². The molecule has 0 amide bonds. The number of nitrogens with zero attached hydrogens (tertiary/aromatic N) is 2. The summed E-state index contributed by atoms with van der Waals surface area (Å²) in [6.07, 6.45) is 1.83. The van der Waals surface area contributed by atoms with Crippen molar-refractivity contribution in [2.75, 3.05) is 13.1 Å². The third-order valence-electron chi connectivity index (χ3n) is 2.25. The van der Waals surface area contributed by atoms with Crippen molar-refractivity contribution in [2.45, 2.75) is 26.4 Å². The van der Waals surface area contributed by atoms with Crippen molar-refractivity contribution in [3.63, 3.8) is 0 Å². The molecule has 0 bridgehead atoms. The van der Waals surface area contributed by atoms with Crippen LogP contribution in [0, 0.1) is 0 Å². The van der Waals surface area contributed by atoms with Crippen molar-refractivity contribution >= 4 is 0 Å². The minimum atomic E-state index is 0.491. The van der Waals surface area contributed by atoms with Crippen molar-refractivity contribution in [1.29, 1.82) is 0 Å². The van der Waals surface area contributed by atoms with Crippen molar-refractivity contribution in [3.8, 4) is 0 Å². The van der Waals surface area contributed by atoms with Gasteiger partial charge in [0, 0.05) is 32.4 Å². The number of nitrogens with one attached hydrogen (secondary N) is 2. The van der Waals surface area contributed by atoms with E-state index >= 15 is 0 Å². The second kappa shape index (κ2) is 5.78. The highest BCUT2D eigenvalue weighted by Gasteiger charge is 2.02. The van der Waals surface area contributed by atoms with Crippen LogP contribution in [0.3, 0.4) is 0 Å². The van der Waals surface area contributed by atoms with Gasteiger partial charge in [-0.05, 0) is 19.5 Å². The van der Waals surface area contributed by atoms with E-state index in [0.29, 0.717) is 6.04 Å². The van der Waals surface area contributed by atoms with Gasteiger partial charge in [0.15, 0.2) is 0 Å². The largest absolute Gasteiger partial charge is 0.315 e. The third-order valence-corrected chi connectivity index (χ3v) is 2.25.